The molecule has 0 aliphatic heterocycles. The molecule has 23 heavy (non-hydrogen) atoms. The van der Waals surface area contributed by atoms with E-state index in [9.17, 15) is 0 Å². The van der Waals surface area contributed by atoms with Crippen LogP contribution in [0.25, 0.3) is 0 Å². The SMILES string of the molecule is C.C.CO[Si](C)(OC)O[Si](OC)(OC)O[Si](OC)(OC)OC.O. The molecule has 0 bridgehead atoms. The van der Waals surface area contributed by atoms with Crippen molar-refractivity contribution in [2.45, 2.75) is 21.4 Å². The van der Waals surface area contributed by atoms with Gasteiger partial charge in [0, 0.05) is 56.3 Å². The summed E-state index contributed by atoms with van der Waals surface area (Å²) in [4.78, 5) is 0. The van der Waals surface area contributed by atoms with Crippen LogP contribution in [0.15, 0.2) is 0 Å². The maximum atomic E-state index is 5.74. The monoisotopic (exact) mass is 398 g/mol. The second-order valence-electron chi connectivity index (χ2n) is 3.50. The van der Waals surface area contributed by atoms with Crippen LogP contribution in [0.3, 0.4) is 0 Å². The third-order valence-electron chi connectivity index (χ3n) is 2.55. The van der Waals surface area contributed by atoms with Gasteiger partial charge in [0.1, 0.15) is 0 Å². The second kappa shape index (κ2) is 13.5. The molecule has 0 saturated carbocycles. The molecule has 0 heterocycles. The van der Waals surface area contributed by atoms with Crippen molar-refractivity contribution in [2.24, 2.45) is 0 Å². The van der Waals surface area contributed by atoms with Gasteiger partial charge in [-0.2, -0.15) is 0 Å². The molecule has 2 N–H and O–H groups in total. The number of hydrogen-bond acceptors (Lipinski definition) is 9. The fourth-order valence-electron chi connectivity index (χ4n) is 1.19. The minimum atomic E-state index is -3.62. The molecule has 0 fully saturated rings. The Hall–Kier alpha value is 0.251. The van der Waals surface area contributed by atoms with Crippen LogP contribution in [-0.4, -0.2) is 82.1 Å². The average molecular weight is 399 g/mol. The Morgan fingerprint density at radius 2 is 0.783 bits per heavy atom. The van der Waals surface area contributed by atoms with E-state index in [0.717, 1.165) is 0 Å². The fourth-order valence-corrected chi connectivity index (χ4v) is 8.61. The molecule has 0 saturated heterocycles. The first-order valence-corrected chi connectivity index (χ1v) is 11.1. The van der Waals surface area contributed by atoms with Gasteiger partial charge in [-0.25, -0.2) is 0 Å². The Morgan fingerprint density at radius 1 is 0.478 bits per heavy atom. The van der Waals surface area contributed by atoms with Crippen molar-refractivity contribution < 1.29 is 44.7 Å². The van der Waals surface area contributed by atoms with E-state index in [1.54, 1.807) is 6.55 Å². The normalized spacial score (nSPS) is 12.0. The van der Waals surface area contributed by atoms with Gasteiger partial charge in [-0.05, 0) is 0 Å². The highest BCUT2D eigenvalue weighted by Crippen LogP contribution is 2.23. The van der Waals surface area contributed by atoms with E-state index in [1.807, 2.05) is 0 Å². The van der Waals surface area contributed by atoms with Gasteiger partial charge in [0.2, 0.25) is 0 Å². The minimum absolute atomic E-state index is 0. The Labute approximate surface area is 143 Å². The molecule has 0 amide bonds. The molecule has 0 aromatic heterocycles. The Balaban J connectivity index is -0.000000602. The number of hydrogen-bond donors (Lipinski definition) is 0. The van der Waals surface area contributed by atoms with Crippen molar-refractivity contribution in [2.75, 3.05) is 49.8 Å². The third-order valence-corrected chi connectivity index (χ3v) is 11.0. The standard InChI is InChI=1S/C8H24O9Si3.2CH4.H2O/c1-9-18(8,10-2)16-20(14-6,15-7)17-19(11-3,12-4)13-5;;;/h1-8H3;2*1H4;1H2. The Kier molecular flexibility index (Phi) is 18.3. The average Bonchev–Trinajstić information content (AvgIpc) is 2.51. The van der Waals surface area contributed by atoms with Crippen molar-refractivity contribution in [3.05, 3.63) is 0 Å². The molecule has 0 unspecified atom stereocenters. The van der Waals surface area contributed by atoms with Crippen LogP contribution < -0.4 is 0 Å². The summed E-state index contributed by atoms with van der Waals surface area (Å²) in [5.74, 6) is 0. The lowest BCUT2D eigenvalue weighted by atomic mass is 11.8. The van der Waals surface area contributed by atoms with E-state index in [4.69, 9.17) is 39.2 Å². The Bertz CT molecular complexity index is 263. The Morgan fingerprint density at radius 3 is 1.00 bits per heavy atom. The molecule has 0 aromatic rings. The predicted octanol–water partition coefficient (Wildman–Crippen LogP) is 0.432. The van der Waals surface area contributed by atoms with E-state index in [0.29, 0.717) is 0 Å². The molecule has 0 aliphatic carbocycles. The van der Waals surface area contributed by atoms with Gasteiger partial charge in [0.15, 0.2) is 0 Å². The lowest BCUT2D eigenvalue weighted by molar-refractivity contribution is -0.0252. The topological polar surface area (TPSA) is 115 Å². The largest absolute Gasteiger partial charge is 0.673 e. The molecular weight excluding hydrogens is 364 g/mol. The highest BCUT2D eigenvalue weighted by molar-refractivity contribution is 6.75. The summed E-state index contributed by atoms with van der Waals surface area (Å²) in [5.41, 5.74) is 0. The smallest absolute Gasteiger partial charge is 0.412 e. The van der Waals surface area contributed by atoms with Gasteiger partial charge in [-0.1, -0.05) is 14.9 Å². The van der Waals surface area contributed by atoms with E-state index < -0.39 is 26.9 Å². The van der Waals surface area contributed by atoms with E-state index in [2.05, 4.69) is 0 Å². The quantitative estimate of drug-likeness (QED) is 0.457. The van der Waals surface area contributed by atoms with Crippen LogP contribution in [0, 0.1) is 0 Å². The van der Waals surface area contributed by atoms with Crippen molar-refractivity contribution >= 4 is 26.9 Å². The van der Waals surface area contributed by atoms with Crippen LogP contribution in [0.4, 0.5) is 0 Å². The molecule has 146 valence electrons. The van der Waals surface area contributed by atoms with E-state index in [-0.39, 0.29) is 20.3 Å². The van der Waals surface area contributed by atoms with Crippen molar-refractivity contribution in [3.63, 3.8) is 0 Å². The van der Waals surface area contributed by atoms with E-state index in [1.165, 1.54) is 49.8 Å². The zero-order valence-corrected chi connectivity index (χ0v) is 16.7. The first kappa shape index (κ1) is 31.1. The van der Waals surface area contributed by atoms with Crippen LogP contribution in [0.1, 0.15) is 14.9 Å². The summed E-state index contributed by atoms with van der Waals surface area (Å²) in [7, 11) is -0.124. The molecule has 10 nitrogen and oxygen atoms in total. The van der Waals surface area contributed by atoms with Crippen LogP contribution in [0.2, 0.25) is 6.55 Å². The number of rotatable bonds is 11. The van der Waals surface area contributed by atoms with Crippen molar-refractivity contribution in [3.8, 4) is 0 Å². The van der Waals surface area contributed by atoms with Gasteiger partial charge in [0.25, 0.3) is 0 Å². The van der Waals surface area contributed by atoms with Gasteiger partial charge >= 0.3 is 26.9 Å². The summed E-state index contributed by atoms with van der Waals surface area (Å²) in [6, 6.07) is 0. The van der Waals surface area contributed by atoms with Gasteiger partial charge < -0.3 is 44.7 Å². The van der Waals surface area contributed by atoms with Gasteiger partial charge in [-0.3, -0.25) is 0 Å². The lowest BCUT2D eigenvalue weighted by Crippen LogP contribution is -2.64. The van der Waals surface area contributed by atoms with Gasteiger partial charge in [-0.15, -0.1) is 0 Å². The molecular formula is C10H34O10Si3. The molecule has 0 radical (unpaired) electrons. The molecule has 0 aromatic carbocycles. The van der Waals surface area contributed by atoms with E-state index >= 15 is 0 Å². The molecule has 0 atom stereocenters. The zero-order valence-electron chi connectivity index (χ0n) is 13.7. The van der Waals surface area contributed by atoms with Crippen LogP contribution in [0.5, 0.6) is 0 Å². The third kappa shape index (κ3) is 8.25. The minimum Gasteiger partial charge on any atom is -0.412 e. The second-order valence-corrected chi connectivity index (χ2v) is 11.7. The van der Waals surface area contributed by atoms with Gasteiger partial charge in [0.05, 0.1) is 0 Å². The lowest BCUT2D eigenvalue weighted by Gasteiger charge is -2.35. The van der Waals surface area contributed by atoms with Crippen LogP contribution in [-0.2, 0) is 39.2 Å². The van der Waals surface area contributed by atoms with Crippen LogP contribution >= 0.6 is 0 Å². The summed E-state index contributed by atoms with van der Waals surface area (Å²) in [5, 5.41) is 0. The zero-order chi connectivity index (χ0) is 15.9. The molecule has 0 aliphatic rings. The summed E-state index contributed by atoms with van der Waals surface area (Å²) in [6.07, 6.45) is 0. The summed E-state index contributed by atoms with van der Waals surface area (Å²) >= 11 is 0. The fraction of sp³-hybridized carbons (Fsp3) is 1.00. The first-order chi connectivity index (χ1) is 9.34. The highest BCUT2D eigenvalue weighted by Gasteiger charge is 2.61. The first-order valence-electron chi connectivity index (χ1n) is 5.60. The molecule has 13 heteroatoms. The predicted molar refractivity (Wildman–Crippen MR) is 91.4 cm³/mol. The van der Waals surface area contributed by atoms with Crippen molar-refractivity contribution in [1.82, 2.24) is 0 Å². The highest BCUT2D eigenvalue weighted by atomic mass is 28.5. The summed E-state index contributed by atoms with van der Waals surface area (Å²) in [6.45, 7) is 1.67. The summed E-state index contributed by atoms with van der Waals surface area (Å²) < 4.78 is 48.0. The molecule has 0 rings (SSSR count). The maximum Gasteiger partial charge on any atom is 0.673 e. The van der Waals surface area contributed by atoms with Crippen molar-refractivity contribution in [1.29, 1.82) is 0 Å². The molecule has 0 spiro atoms. The maximum absolute atomic E-state index is 5.74.